The van der Waals surface area contributed by atoms with Gasteiger partial charge in [0.05, 0.1) is 32.3 Å². The molecule has 0 bridgehead atoms. The molecule has 0 radical (unpaired) electrons. The van der Waals surface area contributed by atoms with E-state index in [0.717, 1.165) is 5.56 Å². The molecule has 4 rings (SSSR count). The lowest BCUT2D eigenvalue weighted by Crippen LogP contribution is -2.55. The Morgan fingerprint density at radius 3 is 2.56 bits per heavy atom. The molecule has 4 atom stereocenters. The predicted octanol–water partition coefficient (Wildman–Crippen LogP) is 2.46. The van der Waals surface area contributed by atoms with Crippen LogP contribution in [-0.2, 0) is 22.7 Å². The highest BCUT2D eigenvalue weighted by atomic mass is 35.5. The van der Waals surface area contributed by atoms with Gasteiger partial charge in [-0.2, -0.15) is 0 Å². The number of halogens is 1. The van der Waals surface area contributed by atoms with Gasteiger partial charge in [0.1, 0.15) is 12.2 Å². The molecule has 1 aliphatic carbocycles. The van der Waals surface area contributed by atoms with Crippen LogP contribution in [0.15, 0.2) is 60.2 Å². The van der Waals surface area contributed by atoms with Crippen molar-refractivity contribution in [3.8, 4) is 11.5 Å². The second-order valence-electron chi connectivity index (χ2n) is 9.42. The minimum Gasteiger partial charge on any atom is -0.493 e. The van der Waals surface area contributed by atoms with Gasteiger partial charge in [-0.25, -0.2) is 0 Å². The fourth-order valence-electron chi connectivity index (χ4n) is 5.05. The summed E-state index contributed by atoms with van der Waals surface area (Å²) in [6.07, 6.45) is 3.32. The van der Waals surface area contributed by atoms with E-state index < -0.39 is 30.1 Å². The second kappa shape index (κ2) is 12.7. The van der Waals surface area contributed by atoms with Crippen molar-refractivity contribution < 1.29 is 34.4 Å². The zero-order valence-electron chi connectivity index (χ0n) is 21.8. The third kappa shape index (κ3) is 5.96. The van der Waals surface area contributed by atoms with E-state index in [1.165, 1.54) is 18.1 Å². The lowest BCUT2D eigenvalue weighted by molar-refractivity contribution is -0.133. The highest BCUT2D eigenvalue weighted by Crippen LogP contribution is 2.51. The van der Waals surface area contributed by atoms with E-state index in [9.17, 15) is 24.9 Å². The first-order chi connectivity index (χ1) is 18.8. The number of aliphatic hydroxyl groups is 3. The van der Waals surface area contributed by atoms with Crippen LogP contribution in [0.25, 0.3) is 0 Å². The van der Waals surface area contributed by atoms with Crippen LogP contribution in [0, 0.1) is 0 Å². The minimum absolute atomic E-state index is 0.0289. The molecule has 0 saturated heterocycles. The van der Waals surface area contributed by atoms with Crippen molar-refractivity contribution >= 4 is 23.4 Å². The third-order valence-electron chi connectivity index (χ3n) is 6.90. The Kier molecular flexibility index (Phi) is 9.29. The molecule has 208 valence electrons. The summed E-state index contributed by atoms with van der Waals surface area (Å²) in [7, 11) is 1.47. The van der Waals surface area contributed by atoms with E-state index in [-0.39, 0.29) is 37.8 Å². The molecule has 2 amide bonds. The van der Waals surface area contributed by atoms with Crippen molar-refractivity contribution in [1.82, 2.24) is 10.2 Å². The molecule has 2 aliphatic rings. The molecule has 1 heterocycles. The predicted molar refractivity (Wildman–Crippen MR) is 145 cm³/mol. The van der Waals surface area contributed by atoms with E-state index in [4.69, 9.17) is 21.1 Å². The summed E-state index contributed by atoms with van der Waals surface area (Å²) in [6.45, 7) is 1.58. The van der Waals surface area contributed by atoms with E-state index in [2.05, 4.69) is 5.32 Å². The summed E-state index contributed by atoms with van der Waals surface area (Å²) in [6, 6.07) is 9.49. The maximum Gasteiger partial charge on any atom is 0.247 e. The van der Waals surface area contributed by atoms with Crippen molar-refractivity contribution in [3.63, 3.8) is 0 Å². The van der Waals surface area contributed by atoms with Gasteiger partial charge in [0.15, 0.2) is 11.5 Å². The van der Waals surface area contributed by atoms with Crippen LogP contribution in [0.3, 0.4) is 0 Å². The van der Waals surface area contributed by atoms with Crippen LogP contribution >= 0.6 is 11.6 Å². The second-order valence-corrected chi connectivity index (χ2v) is 9.86. The van der Waals surface area contributed by atoms with Gasteiger partial charge >= 0.3 is 0 Å². The van der Waals surface area contributed by atoms with Crippen LogP contribution in [0.5, 0.6) is 11.5 Å². The molecule has 2 aromatic carbocycles. The van der Waals surface area contributed by atoms with E-state index in [0.29, 0.717) is 34.1 Å². The van der Waals surface area contributed by atoms with Gasteiger partial charge in [-0.1, -0.05) is 36.7 Å². The molecule has 1 aliphatic heterocycles. The molecule has 0 spiro atoms. The van der Waals surface area contributed by atoms with Gasteiger partial charge in [0, 0.05) is 29.2 Å². The number of carbonyl (C=O) groups excluding carboxylic acids is 2. The molecule has 0 saturated carbocycles. The number of benzene rings is 2. The maximum atomic E-state index is 13.4. The first-order valence-corrected chi connectivity index (χ1v) is 13.2. The zero-order valence-corrected chi connectivity index (χ0v) is 22.6. The standard InChI is InChI=1S/C29H33ClN2O7/c1-3-4-5-24(35)32(15-17-6-8-19(30)9-7-17)22-14-21(29(37)31-10-11-33)25-20-12-18(16-34)13-23(38-2)27(20)39-28(25)26(22)36/h4-9,12-14,22,25-26,28,33-34,36H,3,10-11,15-16H2,1-2H3,(H,31,37). The Morgan fingerprint density at radius 2 is 1.92 bits per heavy atom. The Labute approximate surface area is 232 Å². The first kappa shape index (κ1) is 28.6. The molecule has 10 heteroatoms. The Bertz CT molecular complexity index is 1260. The fraction of sp³-hybridized carbons (Fsp3) is 0.379. The number of aliphatic hydroxyl groups excluding tert-OH is 3. The van der Waals surface area contributed by atoms with Crippen molar-refractivity contribution in [2.75, 3.05) is 20.3 Å². The topological polar surface area (TPSA) is 129 Å². The Morgan fingerprint density at radius 1 is 1.18 bits per heavy atom. The number of hydrogen-bond acceptors (Lipinski definition) is 7. The largest absolute Gasteiger partial charge is 0.493 e. The van der Waals surface area contributed by atoms with Crippen LogP contribution in [-0.4, -0.2) is 70.5 Å². The molecule has 2 aromatic rings. The quantitative estimate of drug-likeness (QED) is 0.331. The zero-order chi connectivity index (χ0) is 28.1. The van der Waals surface area contributed by atoms with Gasteiger partial charge in [-0.15, -0.1) is 0 Å². The summed E-state index contributed by atoms with van der Waals surface area (Å²) in [4.78, 5) is 28.3. The average Bonchev–Trinajstić information content (AvgIpc) is 3.34. The molecule has 9 nitrogen and oxygen atoms in total. The summed E-state index contributed by atoms with van der Waals surface area (Å²) in [5.74, 6) is -0.749. The number of carbonyl (C=O) groups is 2. The number of nitrogens with one attached hydrogen (secondary N) is 1. The average molecular weight is 557 g/mol. The van der Waals surface area contributed by atoms with Crippen LogP contribution in [0.2, 0.25) is 5.02 Å². The molecular weight excluding hydrogens is 524 g/mol. The highest BCUT2D eigenvalue weighted by molar-refractivity contribution is 6.30. The molecule has 39 heavy (non-hydrogen) atoms. The SMILES string of the molecule is CCC=CC(=O)N(Cc1ccc(Cl)cc1)C1C=C(C(=O)NCCO)C2c3cc(CO)cc(OC)c3OC2C1O. The van der Waals surface area contributed by atoms with Crippen LogP contribution in [0.1, 0.15) is 36.0 Å². The number of fused-ring (bicyclic) bond motifs is 3. The van der Waals surface area contributed by atoms with Crippen molar-refractivity contribution in [2.24, 2.45) is 0 Å². The van der Waals surface area contributed by atoms with Gasteiger partial charge in [0.2, 0.25) is 11.8 Å². The molecule has 0 aromatic heterocycles. The van der Waals surface area contributed by atoms with Crippen molar-refractivity contribution in [3.05, 3.63) is 81.9 Å². The number of nitrogens with zero attached hydrogens (tertiary/aromatic N) is 1. The molecule has 4 N–H and O–H groups in total. The summed E-state index contributed by atoms with van der Waals surface area (Å²) in [5.41, 5.74) is 2.23. The fourth-order valence-corrected chi connectivity index (χ4v) is 5.18. The number of amides is 2. The number of rotatable bonds is 10. The summed E-state index contributed by atoms with van der Waals surface area (Å²) >= 11 is 6.05. The van der Waals surface area contributed by atoms with E-state index >= 15 is 0 Å². The maximum absolute atomic E-state index is 13.4. The van der Waals surface area contributed by atoms with Gasteiger partial charge in [0.25, 0.3) is 0 Å². The highest BCUT2D eigenvalue weighted by Gasteiger charge is 2.51. The number of allylic oxidation sites excluding steroid dienone is 1. The smallest absolute Gasteiger partial charge is 0.247 e. The van der Waals surface area contributed by atoms with Crippen LogP contribution in [0.4, 0.5) is 0 Å². The van der Waals surface area contributed by atoms with Crippen molar-refractivity contribution in [2.45, 2.75) is 50.7 Å². The van der Waals surface area contributed by atoms with Gasteiger partial charge in [-0.3, -0.25) is 9.59 Å². The number of hydrogen-bond donors (Lipinski definition) is 4. The summed E-state index contributed by atoms with van der Waals surface area (Å²) < 4.78 is 11.7. The van der Waals surface area contributed by atoms with Crippen LogP contribution < -0.4 is 14.8 Å². The monoisotopic (exact) mass is 556 g/mol. The third-order valence-corrected chi connectivity index (χ3v) is 7.15. The Balaban J connectivity index is 1.82. The van der Waals surface area contributed by atoms with Gasteiger partial charge < -0.3 is 35.0 Å². The molecule has 0 fully saturated rings. The van der Waals surface area contributed by atoms with Crippen molar-refractivity contribution in [1.29, 1.82) is 0 Å². The van der Waals surface area contributed by atoms with E-state index in [1.54, 1.807) is 48.6 Å². The normalized spacial score (nSPS) is 21.5. The summed E-state index contributed by atoms with van der Waals surface area (Å²) in [5, 5.41) is 34.0. The Hall–Kier alpha value is -3.37. The number of methoxy groups -OCH3 is 1. The molecule has 4 unspecified atom stereocenters. The van der Waals surface area contributed by atoms with E-state index in [1.807, 2.05) is 6.92 Å². The lowest BCUT2D eigenvalue weighted by Gasteiger charge is -2.40. The molecular formula is C29H33ClN2O7. The van der Waals surface area contributed by atoms with Gasteiger partial charge in [-0.05, 0) is 54.0 Å². The minimum atomic E-state index is -1.20. The first-order valence-electron chi connectivity index (χ1n) is 12.8. The lowest BCUT2D eigenvalue weighted by atomic mass is 9.77. The number of ether oxygens (including phenoxy) is 2.